The highest BCUT2D eigenvalue weighted by molar-refractivity contribution is 6.04. The summed E-state index contributed by atoms with van der Waals surface area (Å²) in [6, 6.07) is 18.5. The number of oxazole rings is 1. The number of carbonyl (C=O) groups excluding carboxylic acids is 1. The zero-order valence-electron chi connectivity index (χ0n) is 15.3. The van der Waals surface area contributed by atoms with Gasteiger partial charge in [-0.3, -0.25) is 14.9 Å². The number of hydrogen-bond acceptors (Lipinski definition) is 6. The molecule has 1 N–H and O–H groups in total. The van der Waals surface area contributed by atoms with E-state index in [4.69, 9.17) is 9.15 Å². The standard InChI is InChI=1S/C21H15N3O5/c1-28-19-12-14(8-11-17(19)24(26)27)20(25)22-15-9-6-13(7-10-15)21-23-16-4-2-3-5-18(16)29-21/h2-12H,1H3,(H,22,25). The highest BCUT2D eigenvalue weighted by atomic mass is 16.6. The van der Waals surface area contributed by atoms with Crippen molar-refractivity contribution in [3.8, 4) is 17.2 Å². The Balaban J connectivity index is 1.52. The van der Waals surface area contributed by atoms with Gasteiger partial charge in [-0.05, 0) is 42.5 Å². The van der Waals surface area contributed by atoms with Crippen LogP contribution in [0, 0.1) is 10.1 Å². The van der Waals surface area contributed by atoms with Crippen LogP contribution in [0.2, 0.25) is 0 Å². The van der Waals surface area contributed by atoms with E-state index in [0.29, 0.717) is 17.2 Å². The number of carbonyl (C=O) groups is 1. The highest BCUT2D eigenvalue weighted by Gasteiger charge is 2.17. The first-order valence-electron chi connectivity index (χ1n) is 8.65. The molecule has 0 bridgehead atoms. The SMILES string of the molecule is COc1cc(C(=O)Nc2ccc(-c3nc4ccccc4o3)cc2)ccc1[N+](=O)[O-]. The zero-order chi connectivity index (χ0) is 20.4. The third-order valence-corrected chi connectivity index (χ3v) is 4.32. The summed E-state index contributed by atoms with van der Waals surface area (Å²) in [5, 5.41) is 13.7. The van der Waals surface area contributed by atoms with Gasteiger partial charge in [0.2, 0.25) is 5.89 Å². The van der Waals surface area contributed by atoms with Gasteiger partial charge < -0.3 is 14.5 Å². The largest absolute Gasteiger partial charge is 0.490 e. The summed E-state index contributed by atoms with van der Waals surface area (Å²) in [5.74, 6) is 0.103. The number of amides is 1. The second-order valence-corrected chi connectivity index (χ2v) is 6.16. The van der Waals surface area contributed by atoms with E-state index in [1.54, 1.807) is 24.3 Å². The van der Waals surface area contributed by atoms with Crippen LogP contribution < -0.4 is 10.1 Å². The zero-order valence-corrected chi connectivity index (χ0v) is 15.3. The van der Waals surface area contributed by atoms with Crippen LogP contribution in [0.5, 0.6) is 5.75 Å². The highest BCUT2D eigenvalue weighted by Crippen LogP contribution is 2.28. The number of methoxy groups -OCH3 is 1. The van der Waals surface area contributed by atoms with Gasteiger partial charge >= 0.3 is 5.69 Å². The number of fused-ring (bicyclic) bond motifs is 1. The Morgan fingerprint density at radius 2 is 1.86 bits per heavy atom. The lowest BCUT2D eigenvalue weighted by Crippen LogP contribution is -2.12. The molecular formula is C21H15N3O5. The molecule has 8 nitrogen and oxygen atoms in total. The van der Waals surface area contributed by atoms with Gasteiger partial charge in [-0.25, -0.2) is 4.98 Å². The molecule has 0 saturated heterocycles. The summed E-state index contributed by atoms with van der Waals surface area (Å²) in [4.78, 5) is 27.3. The van der Waals surface area contributed by atoms with E-state index in [1.807, 2.05) is 24.3 Å². The maximum Gasteiger partial charge on any atom is 0.310 e. The Kier molecular flexibility index (Phi) is 4.66. The maximum absolute atomic E-state index is 12.5. The fourth-order valence-electron chi connectivity index (χ4n) is 2.86. The van der Waals surface area contributed by atoms with Gasteiger partial charge in [0.1, 0.15) is 5.52 Å². The molecule has 4 aromatic rings. The number of nitrogens with one attached hydrogen (secondary N) is 1. The Bertz CT molecular complexity index is 1180. The van der Waals surface area contributed by atoms with E-state index < -0.39 is 10.8 Å². The Labute approximate surface area is 164 Å². The first-order chi connectivity index (χ1) is 14.0. The van der Waals surface area contributed by atoms with Crippen molar-refractivity contribution in [2.45, 2.75) is 0 Å². The van der Waals surface area contributed by atoms with Crippen molar-refractivity contribution in [1.82, 2.24) is 4.98 Å². The fourth-order valence-corrected chi connectivity index (χ4v) is 2.86. The first-order valence-corrected chi connectivity index (χ1v) is 8.65. The summed E-state index contributed by atoms with van der Waals surface area (Å²) < 4.78 is 10.7. The summed E-state index contributed by atoms with van der Waals surface area (Å²) in [5.41, 5.74) is 2.85. The summed E-state index contributed by atoms with van der Waals surface area (Å²) in [6.45, 7) is 0. The van der Waals surface area contributed by atoms with Gasteiger partial charge in [-0.15, -0.1) is 0 Å². The average Bonchev–Trinajstić information content (AvgIpc) is 3.18. The number of nitro groups is 1. The molecule has 144 valence electrons. The number of rotatable bonds is 5. The second kappa shape index (κ2) is 7.43. The molecule has 0 fully saturated rings. The molecule has 0 unspecified atom stereocenters. The van der Waals surface area contributed by atoms with E-state index in [1.165, 1.54) is 25.3 Å². The van der Waals surface area contributed by atoms with Gasteiger partial charge in [-0.2, -0.15) is 0 Å². The molecule has 1 amide bonds. The van der Waals surface area contributed by atoms with Crippen molar-refractivity contribution in [3.63, 3.8) is 0 Å². The van der Waals surface area contributed by atoms with Crippen LogP contribution in [0.25, 0.3) is 22.6 Å². The van der Waals surface area contributed by atoms with Crippen molar-refractivity contribution < 1.29 is 18.9 Å². The summed E-state index contributed by atoms with van der Waals surface area (Å²) in [6.07, 6.45) is 0. The number of hydrogen-bond donors (Lipinski definition) is 1. The molecule has 4 rings (SSSR count). The third-order valence-electron chi connectivity index (χ3n) is 4.32. The summed E-state index contributed by atoms with van der Waals surface area (Å²) >= 11 is 0. The number of aromatic nitrogens is 1. The number of para-hydroxylation sites is 2. The average molecular weight is 389 g/mol. The number of nitro benzene ring substituents is 1. The summed E-state index contributed by atoms with van der Waals surface area (Å²) in [7, 11) is 1.31. The van der Waals surface area contributed by atoms with Crippen LogP contribution in [-0.4, -0.2) is 22.9 Å². The van der Waals surface area contributed by atoms with Gasteiger partial charge in [-0.1, -0.05) is 12.1 Å². The van der Waals surface area contributed by atoms with Gasteiger partial charge in [0.05, 0.1) is 12.0 Å². The van der Waals surface area contributed by atoms with Crippen LogP contribution in [0.3, 0.4) is 0 Å². The quantitative estimate of drug-likeness (QED) is 0.393. The molecule has 0 spiro atoms. The van der Waals surface area contributed by atoms with E-state index in [9.17, 15) is 14.9 Å². The number of ether oxygens (including phenoxy) is 1. The predicted molar refractivity (Wildman–Crippen MR) is 107 cm³/mol. The monoisotopic (exact) mass is 389 g/mol. The predicted octanol–water partition coefficient (Wildman–Crippen LogP) is 4.66. The molecule has 8 heteroatoms. The van der Waals surface area contributed by atoms with Crippen LogP contribution in [0.15, 0.2) is 71.1 Å². The molecule has 0 aliphatic rings. The van der Waals surface area contributed by atoms with Gasteiger partial charge in [0.25, 0.3) is 5.91 Å². The molecule has 1 heterocycles. The molecule has 0 saturated carbocycles. The van der Waals surface area contributed by atoms with Crippen molar-refractivity contribution in [2.24, 2.45) is 0 Å². The van der Waals surface area contributed by atoms with E-state index in [0.717, 1.165) is 11.1 Å². The van der Waals surface area contributed by atoms with Crippen molar-refractivity contribution in [1.29, 1.82) is 0 Å². The lowest BCUT2D eigenvalue weighted by Gasteiger charge is -2.07. The first kappa shape index (κ1) is 18.2. The van der Waals surface area contributed by atoms with Crippen molar-refractivity contribution in [3.05, 3.63) is 82.4 Å². The minimum atomic E-state index is -0.564. The molecule has 29 heavy (non-hydrogen) atoms. The third kappa shape index (κ3) is 3.63. The molecular weight excluding hydrogens is 374 g/mol. The Morgan fingerprint density at radius 1 is 1.10 bits per heavy atom. The number of anilines is 1. The molecule has 0 atom stereocenters. The lowest BCUT2D eigenvalue weighted by molar-refractivity contribution is -0.385. The van der Waals surface area contributed by atoms with Crippen molar-refractivity contribution >= 4 is 28.4 Å². The van der Waals surface area contributed by atoms with Crippen LogP contribution in [0.4, 0.5) is 11.4 Å². The van der Waals surface area contributed by atoms with Crippen LogP contribution in [-0.2, 0) is 0 Å². The topological polar surface area (TPSA) is 108 Å². The molecule has 1 aromatic heterocycles. The Hall–Kier alpha value is -4.20. The molecule has 0 aliphatic heterocycles. The number of nitrogens with zero attached hydrogens (tertiary/aromatic N) is 2. The van der Waals surface area contributed by atoms with Crippen LogP contribution >= 0.6 is 0 Å². The van der Waals surface area contributed by atoms with Gasteiger partial charge in [0.15, 0.2) is 11.3 Å². The Morgan fingerprint density at radius 3 is 2.55 bits per heavy atom. The minimum absolute atomic E-state index is 0.0222. The smallest absolute Gasteiger partial charge is 0.310 e. The number of benzene rings is 3. The molecule has 3 aromatic carbocycles. The van der Waals surface area contributed by atoms with E-state index >= 15 is 0 Å². The normalized spacial score (nSPS) is 10.7. The van der Waals surface area contributed by atoms with E-state index in [-0.39, 0.29) is 17.0 Å². The van der Waals surface area contributed by atoms with Crippen LogP contribution in [0.1, 0.15) is 10.4 Å². The minimum Gasteiger partial charge on any atom is -0.490 e. The molecule has 0 aliphatic carbocycles. The molecule has 0 radical (unpaired) electrons. The van der Waals surface area contributed by atoms with Crippen molar-refractivity contribution in [2.75, 3.05) is 12.4 Å². The van der Waals surface area contributed by atoms with E-state index in [2.05, 4.69) is 10.3 Å². The lowest BCUT2D eigenvalue weighted by atomic mass is 10.1. The fraction of sp³-hybridized carbons (Fsp3) is 0.0476. The van der Waals surface area contributed by atoms with Gasteiger partial charge in [0, 0.05) is 28.9 Å². The second-order valence-electron chi connectivity index (χ2n) is 6.16. The maximum atomic E-state index is 12.5.